The maximum Gasteiger partial charge on any atom is 0.261 e. The molecule has 0 aliphatic carbocycles. The highest BCUT2D eigenvalue weighted by molar-refractivity contribution is 7.92. The molecule has 4 aromatic rings. The fraction of sp³-hybridized carbons (Fsp3) is 0.200. The van der Waals surface area contributed by atoms with Crippen molar-refractivity contribution in [3.05, 3.63) is 89.5 Å². The van der Waals surface area contributed by atoms with Crippen LogP contribution in [0.15, 0.2) is 71.6 Å². The number of hydrogen-bond donors (Lipinski definition) is 3. The predicted octanol–water partition coefficient (Wildman–Crippen LogP) is 4.94. The third kappa shape index (κ3) is 4.94. The minimum Gasteiger partial charge on any atom is -0.342 e. The second kappa shape index (κ2) is 9.26. The van der Waals surface area contributed by atoms with Crippen molar-refractivity contribution in [3.63, 3.8) is 0 Å². The minimum absolute atomic E-state index is 0.0441. The lowest BCUT2D eigenvalue weighted by Gasteiger charge is -2.20. The van der Waals surface area contributed by atoms with Crippen molar-refractivity contribution in [2.24, 2.45) is 5.92 Å². The number of halogens is 1. The zero-order chi connectivity index (χ0) is 24.5. The Morgan fingerprint density at radius 3 is 2.50 bits per heavy atom. The summed E-state index contributed by atoms with van der Waals surface area (Å²) in [6.45, 7) is 5.50. The van der Waals surface area contributed by atoms with Crippen LogP contribution in [0, 0.1) is 18.7 Å². The van der Waals surface area contributed by atoms with E-state index < -0.39 is 15.8 Å². The van der Waals surface area contributed by atoms with Gasteiger partial charge in [-0.25, -0.2) is 17.8 Å². The molecule has 34 heavy (non-hydrogen) atoms. The summed E-state index contributed by atoms with van der Waals surface area (Å²) in [6.07, 6.45) is 0. The fourth-order valence-corrected chi connectivity index (χ4v) is 4.63. The van der Waals surface area contributed by atoms with Gasteiger partial charge in [0.15, 0.2) is 0 Å². The summed E-state index contributed by atoms with van der Waals surface area (Å²) in [6, 6.07) is 17.1. The lowest BCUT2D eigenvalue weighted by molar-refractivity contribution is 0.0923. The summed E-state index contributed by atoms with van der Waals surface area (Å²) < 4.78 is 41.7. The van der Waals surface area contributed by atoms with Gasteiger partial charge in [-0.05, 0) is 60.9 Å². The van der Waals surface area contributed by atoms with E-state index in [0.29, 0.717) is 11.4 Å². The van der Waals surface area contributed by atoms with Crippen molar-refractivity contribution < 1.29 is 17.6 Å². The molecule has 1 atom stereocenters. The van der Waals surface area contributed by atoms with Gasteiger partial charge >= 0.3 is 0 Å². The van der Waals surface area contributed by atoms with Crippen LogP contribution >= 0.6 is 0 Å². The third-order valence-corrected chi connectivity index (χ3v) is 6.87. The molecule has 0 radical (unpaired) electrons. The van der Waals surface area contributed by atoms with E-state index in [1.807, 2.05) is 38.1 Å². The molecule has 0 aliphatic heterocycles. The minimum atomic E-state index is -4.03. The Morgan fingerprint density at radius 1 is 1.03 bits per heavy atom. The Balaban J connectivity index is 1.55. The topological polar surface area (TPSA) is 104 Å². The molecule has 0 bridgehead atoms. The predicted molar refractivity (Wildman–Crippen MR) is 130 cm³/mol. The van der Waals surface area contributed by atoms with E-state index in [9.17, 15) is 17.6 Å². The number of H-pyrrole nitrogens is 1. The van der Waals surface area contributed by atoms with Crippen molar-refractivity contribution in [2.45, 2.75) is 31.7 Å². The Bertz CT molecular complexity index is 1430. The molecule has 0 saturated carbocycles. The van der Waals surface area contributed by atoms with Crippen molar-refractivity contribution in [3.8, 4) is 0 Å². The number of aromatic amines is 1. The number of rotatable bonds is 7. The molecule has 1 heterocycles. The van der Waals surface area contributed by atoms with Gasteiger partial charge in [-0.2, -0.15) is 0 Å². The van der Waals surface area contributed by atoms with Gasteiger partial charge in [0.2, 0.25) is 0 Å². The van der Waals surface area contributed by atoms with Crippen LogP contribution in [0.1, 0.15) is 41.6 Å². The molecule has 7 nitrogen and oxygen atoms in total. The number of carbonyl (C=O) groups excluding carboxylic acids is 1. The quantitative estimate of drug-likeness (QED) is 0.349. The average molecular weight is 481 g/mol. The number of imidazole rings is 1. The summed E-state index contributed by atoms with van der Waals surface area (Å²) in [5.41, 5.74) is 2.50. The van der Waals surface area contributed by atoms with Crippen LogP contribution in [0.2, 0.25) is 0 Å². The van der Waals surface area contributed by atoms with Crippen LogP contribution < -0.4 is 10.0 Å². The lowest BCUT2D eigenvalue weighted by atomic mass is 10.0. The standard InChI is InChI=1S/C25H25FN4O3S/c1-15(2)23(24-27-21-9-4-5-10-22(21)28-24)29-25(31)17-7-6-8-18(13-17)30-34(32,33)19-12-11-16(3)20(26)14-19/h4-15,23,30H,1-3H3,(H,27,28)(H,29,31). The van der Waals surface area contributed by atoms with E-state index in [0.717, 1.165) is 17.1 Å². The van der Waals surface area contributed by atoms with E-state index in [1.54, 1.807) is 19.1 Å². The normalized spacial score (nSPS) is 12.6. The number of benzene rings is 3. The van der Waals surface area contributed by atoms with Crippen molar-refractivity contribution >= 4 is 32.7 Å². The number of carbonyl (C=O) groups is 1. The van der Waals surface area contributed by atoms with E-state index in [2.05, 4.69) is 20.0 Å². The monoisotopic (exact) mass is 480 g/mol. The van der Waals surface area contributed by atoms with Crippen LogP contribution in [0.25, 0.3) is 11.0 Å². The first-order valence-electron chi connectivity index (χ1n) is 10.8. The maximum absolute atomic E-state index is 13.9. The number of amides is 1. The van der Waals surface area contributed by atoms with Crippen molar-refractivity contribution in [1.29, 1.82) is 0 Å². The summed E-state index contributed by atoms with van der Waals surface area (Å²) in [4.78, 5) is 20.7. The molecule has 0 spiro atoms. The van der Waals surface area contributed by atoms with Gasteiger partial charge in [0.05, 0.1) is 22.0 Å². The van der Waals surface area contributed by atoms with Crippen LogP contribution in [-0.2, 0) is 10.0 Å². The van der Waals surface area contributed by atoms with E-state index in [1.165, 1.54) is 24.3 Å². The summed E-state index contributed by atoms with van der Waals surface area (Å²) in [5.74, 6) is -0.298. The Morgan fingerprint density at radius 2 is 1.79 bits per heavy atom. The number of aromatic nitrogens is 2. The van der Waals surface area contributed by atoms with Crippen molar-refractivity contribution in [2.75, 3.05) is 4.72 Å². The zero-order valence-corrected chi connectivity index (χ0v) is 19.8. The molecule has 0 fully saturated rings. The zero-order valence-electron chi connectivity index (χ0n) is 19.0. The molecule has 1 amide bonds. The molecule has 1 aromatic heterocycles. The number of nitrogens with zero attached hydrogens (tertiary/aromatic N) is 1. The first-order chi connectivity index (χ1) is 16.1. The van der Waals surface area contributed by atoms with Gasteiger partial charge in [-0.15, -0.1) is 0 Å². The molecule has 0 saturated heterocycles. The highest BCUT2D eigenvalue weighted by atomic mass is 32.2. The first-order valence-corrected chi connectivity index (χ1v) is 12.3. The van der Waals surface area contributed by atoms with Gasteiger partial charge in [0.1, 0.15) is 11.6 Å². The second-order valence-corrected chi connectivity index (χ2v) is 10.1. The number of anilines is 1. The van der Waals surface area contributed by atoms with Crippen LogP contribution in [0.3, 0.4) is 0 Å². The smallest absolute Gasteiger partial charge is 0.261 e. The fourth-order valence-electron chi connectivity index (χ4n) is 3.57. The average Bonchev–Trinajstić information content (AvgIpc) is 3.22. The molecule has 1 unspecified atom stereocenters. The molecule has 3 N–H and O–H groups in total. The Kier molecular flexibility index (Phi) is 6.39. The van der Waals surface area contributed by atoms with Crippen molar-refractivity contribution in [1.82, 2.24) is 15.3 Å². The van der Waals surface area contributed by atoms with Gasteiger partial charge in [-0.1, -0.05) is 38.1 Å². The molecule has 3 aromatic carbocycles. The van der Waals surface area contributed by atoms with Gasteiger partial charge in [0, 0.05) is 11.3 Å². The second-order valence-electron chi connectivity index (χ2n) is 8.43. The van der Waals surface area contributed by atoms with Gasteiger partial charge in [-0.3, -0.25) is 9.52 Å². The maximum atomic E-state index is 13.9. The number of fused-ring (bicyclic) bond motifs is 1. The number of para-hydroxylation sites is 2. The molecule has 4 rings (SSSR count). The molecule has 176 valence electrons. The SMILES string of the molecule is Cc1ccc(S(=O)(=O)Nc2cccc(C(=O)NC(c3nc4ccccc4[nH]3)C(C)C)c2)cc1F. The van der Waals surface area contributed by atoms with Gasteiger partial charge in [0.25, 0.3) is 15.9 Å². The van der Waals surface area contributed by atoms with E-state index in [-0.39, 0.29) is 34.0 Å². The Hall–Kier alpha value is -3.72. The first kappa shape index (κ1) is 23.4. The molecular weight excluding hydrogens is 455 g/mol. The summed E-state index contributed by atoms with van der Waals surface area (Å²) in [5, 5.41) is 2.99. The van der Waals surface area contributed by atoms with Gasteiger partial charge < -0.3 is 10.3 Å². The number of aryl methyl sites for hydroxylation is 1. The largest absolute Gasteiger partial charge is 0.342 e. The van der Waals surface area contributed by atoms with E-state index in [4.69, 9.17) is 0 Å². The number of hydrogen-bond acceptors (Lipinski definition) is 4. The number of sulfonamides is 1. The summed E-state index contributed by atoms with van der Waals surface area (Å²) >= 11 is 0. The Labute approximate surface area is 197 Å². The lowest BCUT2D eigenvalue weighted by Crippen LogP contribution is -2.32. The third-order valence-electron chi connectivity index (χ3n) is 5.49. The van der Waals surface area contributed by atoms with Crippen LogP contribution in [-0.4, -0.2) is 24.3 Å². The van der Waals surface area contributed by atoms with E-state index >= 15 is 0 Å². The number of nitrogens with one attached hydrogen (secondary N) is 3. The molecule has 9 heteroatoms. The molecular formula is C25H25FN4O3S. The van der Waals surface area contributed by atoms with Crippen LogP contribution in [0.5, 0.6) is 0 Å². The summed E-state index contributed by atoms with van der Waals surface area (Å²) in [7, 11) is -4.03. The molecule has 0 aliphatic rings. The van der Waals surface area contributed by atoms with Crippen LogP contribution in [0.4, 0.5) is 10.1 Å². The highest BCUT2D eigenvalue weighted by Gasteiger charge is 2.23. The highest BCUT2D eigenvalue weighted by Crippen LogP contribution is 2.24.